The van der Waals surface area contributed by atoms with E-state index in [4.69, 9.17) is 75.0 Å². The molecule has 5 nitrogen and oxygen atoms in total. The molecule has 0 aliphatic rings. The minimum absolute atomic E-state index is 0.0563. The van der Waals surface area contributed by atoms with Gasteiger partial charge in [0.15, 0.2) is 5.11 Å². The molecule has 0 radical (unpaired) electrons. The molecule has 0 bridgehead atoms. The molecule has 0 saturated carbocycles. The zero-order valence-electron chi connectivity index (χ0n) is 14.2. The molecule has 2 rings (SSSR count). The number of hydrogen-bond donors (Lipinski definition) is 3. The van der Waals surface area contributed by atoms with Gasteiger partial charge in [0.2, 0.25) is 3.79 Å². The van der Waals surface area contributed by atoms with Crippen LogP contribution in [-0.2, 0) is 0 Å². The molecule has 0 aliphatic carbocycles. The van der Waals surface area contributed by atoms with Crippen LogP contribution in [0.3, 0.4) is 0 Å². The van der Waals surface area contributed by atoms with Crippen LogP contribution in [-0.4, -0.2) is 28.1 Å². The highest BCUT2D eigenvalue weighted by Crippen LogP contribution is 2.30. The molecule has 0 unspecified atom stereocenters. The Morgan fingerprint density at radius 3 is 2.43 bits per heavy atom. The molecule has 0 fully saturated rings. The van der Waals surface area contributed by atoms with E-state index >= 15 is 0 Å². The van der Waals surface area contributed by atoms with Gasteiger partial charge in [-0.2, -0.15) is 0 Å². The van der Waals surface area contributed by atoms with Gasteiger partial charge >= 0.3 is 0 Å². The molecule has 150 valence electrons. The lowest BCUT2D eigenvalue weighted by Crippen LogP contribution is -2.56. The summed E-state index contributed by atoms with van der Waals surface area (Å²) in [7, 11) is 1.45. The van der Waals surface area contributed by atoms with Gasteiger partial charge in [-0.25, -0.2) is 0 Å². The van der Waals surface area contributed by atoms with E-state index in [-0.39, 0.29) is 10.7 Å². The number of carbonyl (C=O) groups excluding carboxylic acids is 1. The van der Waals surface area contributed by atoms with Crippen LogP contribution in [0.15, 0.2) is 42.5 Å². The second kappa shape index (κ2) is 10.1. The maximum atomic E-state index is 12.6. The molecule has 0 saturated heterocycles. The molecular weight excluding hydrogens is 488 g/mol. The molecule has 0 spiro atoms. The highest BCUT2D eigenvalue weighted by molar-refractivity contribution is 7.80. The topological polar surface area (TPSA) is 62.4 Å². The van der Waals surface area contributed by atoms with Crippen LogP contribution in [0.4, 0.5) is 5.69 Å². The van der Waals surface area contributed by atoms with Crippen molar-refractivity contribution in [1.29, 1.82) is 0 Å². The first-order valence-electron chi connectivity index (χ1n) is 7.65. The Balaban J connectivity index is 2.14. The molecule has 11 heteroatoms. The van der Waals surface area contributed by atoms with E-state index in [0.717, 1.165) is 0 Å². The Bertz CT molecular complexity index is 876. The first kappa shape index (κ1) is 23.1. The summed E-state index contributed by atoms with van der Waals surface area (Å²) in [6, 6.07) is 11.4. The van der Waals surface area contributed by atoms with E-state index in [1.54, 1.807) is 42.5 Å². The van der Waals surface area contributed by atoms with Gasteiger partial charge < -0.3 is 20.7 Å². The predicted molar refractivity (Wildman–Crippen MR) is 120 cm³/mol. The molecule has 0 aromatic heterocycles. The number of halogens is 5. The monoisotopic (exact) mass is 499 g/mol. The standard InChI is InChI=1S/C17H14Cl5N3O2S/c1-27-13-5-3-2-4-10(13)14(26)24-15(17(20,21)22)25-16(28)23-12-8-9(18)6-7-11(12)19/h2-8,15H,1H3,(H,24,26)(H2,23,25,28)/t15-/m1/s1. The number of nitrogens with one attached hydrogen (secondary N) is 3. The van der Waals surface area contributed by atoms with Crippen LogP contribution in [0.1, 0.15) is 10.4 Å². The van der Waals surface area contributed by atoms with Crippen molar-refractivity contribution < 1.29 is 9.53 Å². The van der Waals surface area contributed by atoms with Crippen molar-refractivity contribution in [3.8, 4) is 5.75 Å². The van der Waals surface area contributed by atoms with E-state index in [9.17, 15) is 4.79 Å². The molecule has 0 heterocycles. The van der Waals surface area contributed by atoms with Gasteiger partial charge in [-0.1, -0.05) is 70.1 Å². The third-order valence-electron chi connectivity index (χ3n) is 3.41. The number of ether oxygens (including phenoxy) is 1. The normalized spacial score (nSPS) is 12.1. The van der Waals surface area contributed by atoms with Crippen LogP contribution in [0, 0.1) is 0 Å². The summed E-state index contributed by atoms with van der Waals surface area (Å²) < 4.78 is 3.26. The number of amides is 1. The fourth-order valence-electron chi connectivity index (χ4n) is 2.12. The average molecular weight is 502 g/mol. The summed E-state index contributed by atoms with van der Waals surface area (Å²) in [5, 5.41) is 9.06. The summed E-state index contributed by atoms with van der Waals surface area (Å²) >= 11 is 35.3. The van der Waals surface area contributed by atoms with Crippen molar-refractivity contribution in [2.75, 3.05) is 12.4 Å². The molecule has 2 aromatic carbocycles. The van der Waals surface area contributed by atoms with Gasteiger partial charge in [0.1, 0.15) is 11.9 Å². The van der Waals surface area contributed by atoms with Crippen molar-refractivity contribution in [2.24, 2.45) is 0 Å². The van der Waals surface area contributed by atoms with Gasteiger partial charge in [-0.3, -0.25) is 4.79 Å². The SMILES string of the molecule is COc1ccccc1C(=O)N[C@H](NC(=S)Nc1cc(Cl)ccc1Cl)C(Cl)(Cl)Cl. The highest BCUT2D eigenvalue weighted by atomic mass is 35.6. The lowest BCUT2D eigenvalue weighted by molar-refractivity contribution is 0.0931. The van der Waals surface area contributed by atoms with Gasteiger partial charge in [0, 0.05) is 5.02 Å². The number of anilines is 1. The maximum absolute atomic E-state index is 12.6. The molecule has 2 aromatic rings. The Morgan fingerprint density at radius 2 is 1.79 bits per heavy atom. The van der Waals surface area contributed by atoms with E-state index < -0.39 is 15.9 Å². The number of benzene rings is 2. The Kier molecular flexibility index (Phi) is 8.30. The molecule has 1 atom stereocenters. The van der Waals surface area contributed by atoms with Crippen molar-refractivity contribution in [3.63, 3.8) is 0 Å². The zero-order chi connectivity index (χ0) is 20.9. The number of carbonyl (C=O) groups is 1. The van der Waals surface area contributed by atoms with Gasteiger partial charge in [-0.05, 0) is 42.5 Å². The van der Waals surface area contributed by atoms with E-state index in [0.29, 0.717) is 21.5 Å². The second-order valence-electron chi connectivity index (χ2n) is 5.37. The summed E-state index contributed by atoms with van der Waals surface area (Å²) in [5.41, 5.74) is 0.716. The molecule has 3 N–H and O–H groups in total. The highest BCUT2D eigenvalue weighted by Gasteiger charge is 2.35. The Morgan fingerprint density at radius 1 is 1.11 bits per heavy atom. The third kappa shape index (κ3) is 6.44. The van der Waals surface area contributed by atoms with Crippen LogP contribution in [0.25, 0.3) is 0 Å². The second-order valence-corrected chi connectivity index (χ2v) is 8.99. The molecule has 1 amide bonds. The zero-order valence-corrected chi connectivity index (χ0v) is 18.8. The minimum Gasteiger partial charge on any atom is -0.496 e. The van der Waals surface area contributed by atoms with E-state index in [1.807, 2.05) is 0 Å². The number of methoxy groups -OCH3 is 1. The van der Waals surface area contributed by atoms with Crippen LogP contribution in [0.2, 0.25) is 10.0 Å². The fourth-order valence-corrected chi connectivity index (χ4v) is 3.02. The first-order valence-corrected chi connectivity index (χ1v) is 9.95. The molecule has 28 heavy (non-hydrogen) atoms. The fraction of sp³-hybridized carbons (Fsp3) is 0.176. The van der Waals surface area contributed by atoms with Crippen LogP contribution in [0.5, 0.6) is 5.75 Å². The lowest BCUT2D eigenvalue weighted by atomic mass is 10.2. The molecule has 0 aliphatic heterocycles. The number of thiocarbonyl (C=S) groups is 1. The quantitative estimate of drug-likeness (QED) is 0.290. The Hall–Kier alpha value is -1.15. The average Bonchev–Trinajstić information content (AvgIpc) is 2.63. The van der Waals surface area contributed by atoms with Crippen molar-refractivity contribution in [2.45, 2.75) is 9.96 Å². The summed E-state index contributed by atoms with van der Waals surface area (Å²) in [6.07, 6.45) is -1.16. The van der Waals surface area contributed by atoms with E-state index in [2.05, 4.69) is 16.0 Å². The van der Waals surface area contributed by atoms with Crippen LogP contribution < -0.4 is 20.7 Å². The first-order chi connectivity index (χ1) is 13.1. The number of rotatable bonds is 5. The Labute approximate surface area is 192 Å². The number of hydrogen-bond acceptors (Lipinski definition) is 3. The summed E-state index contributed by atoms with van der Waals surface area (Å²) in [4.78, 5) is 12.6. The minimum atomic E-state index is -1.92. The summed E-state index contributed by atoms with van der Waals surface area (Å²) in [6.45, 7) is 0. The number of alkyl halides is 3. The van der Waals surface area contributed by atoms with Gasteiger partial charge in [-0.15, -0.1) is 0 Å². The van der Waals surface area contributed by atoms with Crippen molar-refractivity contribution >= 4 is 86.9 Å². The molecular formula is C17H14Cl5N3O2S. The van der Waals surface area contributed by atoms with Crippen molar-refractivity contribution in [3.05, 3.63) is 58.1 Å². The predicted octanol–water partition coefficient (Wildman–Crippen LogP) is 5.41. The maximum Gasteiger partial charge on any atom is 0.256 e. The van der Waals surface area contributed by atoms with Crippen LogP contribution >= 0.6 is 70.2 Å². The van der Waals surface area contributed by atoms with Gasteiger partial charge in [0.25, 0.3) is 5.91 Å². The third-order valence-corrected chi connectivity index (χ3v) is 4.85. The smallest absolute Gasteiger partial charge is 0.256 e. The van der Waals surface area contributed by atoms with Gasteiger partial charge in [0.05, 0.1) is 23.4 Å². The van der Waals surface area contributed by atoms with E-state index in [1.165, 1.54) is 7.11 Å². The van der Waals surface area contributed by atoms with Crippen molar-refractivity contribution in [1.82, 2.24) is 10.6 Å². The lowest BCUT2D eigenvalue weighted by Gasteiger charge is -2.28. The summed E-state index contributed by atoms with van der Waals surface area (Å²) in [5.74, 6) is -0.153. The largest absolute Gasteiger partial charge is 0.496 e. The number of para-hydroxylation sites is 1.